The number of allylic oxidation sites excluding steroid dienone is 1. The zero-order valence-electron chi connectivity index (χ0n) is 18.6. The van der Waals surface area contributed by atoms with Crippen LogP contribution in [0.15, 0.2) is 75.4 Å². The highest BCUT2D eigenvalue weighted by atomic mass is 19.1. The number of halogens is 1. The number of aryl methyl sites for hydroxylation is 2. The Balaban J connectivity index is 1.68. The first-order valence-corrected chi connectivity index (χ1v) is 10.8. The Kier molecular flexibility index (Phi) is 5.14. The lowest BCUT2D eigenvalue weighted by Crippen LogP contribution is -2.26. The van der Waals surface area contributed by atoms with Crippen molar-refractivity contribution in [2.45, 2.75) is 26.2 Å². The van der Waals surface area contributed by atoms with Crippen molar-refractivity contribution in [2.75, 3.05) is 0 Å². The fourth-order valence-corrected chi connectivity index (χ4v) is 4.30. The molecule has 2 aromatic heterocycles. The molecule has 5 rings (SSSR count). The summed E-state index contributed by atoms with van der Waals surface area (Å²) in [6.07, 6.45) is 2.26. The van der Waals surface area contributed by atoms with Gasteiger partial charge in [0.25, 0.3) is 0 Å². The van der Waals surface area contributed by atoms with Crippen molar-refractivity contribution in [3.8, 4) is 22.9 Å². The van der Waals surface area contributed by atoms with Crippen LogP contribution in [0.1, 0.15) is 35.1 Å². The minimum absolute atomic E-state index is 0.0452. The molecule has 2 aromatic carbocycles. The molecule has 1 aliphatic rings. The van der Waals surface area contributed by atoms with Gasteiger partial charge in [0.1, 0.15) is 17.2 Å². The van der Waals surface area contributed by atoms with Gasteiger partial charge in [0.2, 0.25) is 11.8 Å². The monoisotopic (exact) mass is 453 g/mol. The standard InChI is InChI=1S/C27H20FN3O3/c1-3-15-4-9-21-19(11-15)24-23(27(32)33-21)22(20(12-29)26(30)34-24)17-7-5-16(6-8-17)18-10-14(2)25(28)31-13-18/h4-11,13,22H,3,30H2,1-2H3. The summed E-state index contributed by atoms with van der Waals surface area (Å²) in [5.41, 5.74) is 10.1. The van der Waals surface area contributed by atoms with Gasteiger partial charge >= 0.3 is 5.63 Å². The van der Waals surface area contributed by atoms with Gasteiger partial charge in [-0.1, -0.05) is 37.3 Å². The lowest BCUT2D eigenvalue weighted by molar-refractivity contribution is 0.388. The molecule has 0 amide bonds. The van der Waals surface area contributed by atoms with Crippen molar-refractivity contribution in [1.82, 2.24) is 4.98 Å². The zero-order chi connectivity index (χ0) is 24.0. The topological polar surface area (TPSA) is 102 Å². The molecule has 0 saturated heterocycles. The van der Waals surface area contributed by atoms with Gasteiger partial charge in [-0.15, -0.1) is 0 Å². The molecule has 0 spiro atoms. The van der Waals surface area contributed by atoms with E-state index in [0.29, 0.717) is 27.8 Å². The number of aromatic nitrogens is 1. The number of pyridine rings is 1. The first-order valence-electron chi connectivity index (χ1n) is 10.8. The van der Waals surface area contributed by atoms with E-state index in [1.54, 1.807) is 19.1 Å². The van der Waals surface area contributed by atoms with E-state index in [-0.39, 0.29) is 17.0 Å². The first kappa shape index (κ1) is 21.4. The van der Waals surface area contributed by atoms with Crippen LogP contribution in [-0.2, 0) is 6.42 Å². The van der Waals surface area contributed by atoms with E-state index in [1.165, 1.54) is 6.20 Å². The Morgan fingerprint density at radius 2 is 1.91 bits per heavy atom. The maximum atomic E-state index is 13.6. The lowest BCUT2D eigenvalue weighted by atomic mass is 9.83. The van der Waals surface area contributed by atoms with Crippen LogP contribution < -0.4 is 16.1 Å². The van der Waals surface area contributed by atoms with Crippen molar-refractivity contribution in [2.24, 2.45) is 5.73 Å². The summed E-state index contributed by atoms with van der Waals surface area (Å²) in [6, 6.07) is 16.6. The molecule has 0 fully saturated rings. The maximum absolute atomic E-state index is 13.6. The third-order valence-corrected chi connectivity index (χ3v) is 6.13. The Morgan fingerprint density at radius 3 is 2.59 bits per heavy atom. The molecular formula is C27H20FN3O3. The smallest absolute Gasteiger partial charge is 0.344 e. The van der Waals surface area contributed by atoms with Crippen LogP contribution in [0.5, 0.6) is 5.75 Å². The number of benzene rings is 2. The Bertz CT molecular complexity index is 1580. The van der Waals surface area contributed by atoms with Gasteiger partial charge in [-0.3, -0.25) is 0 Å². The molecule has 0 saturated carbocycles. The number of nitrogens with two attached hydrogens (primary N) is 1. The summed E-state index contributed by atoms with van der Waals surface area (Å²) in [5.74, 6) is -0.993. The first-order chi connectivity index (χ1) is 16.4. The van der Waals surface area contributed by atoms with Gasteiger partial charge in [-0.05, 0) is 48.2 Å². The van der Waals surface area contributed by atoms with Gasteiger partial charge in [-0.25, -0.2) is 9.78 Å². The van der Waals surface area contributed by atoms with Gasteiger partial charge in [0.05, 0.1) is 16.9 Å². The zero-order valence-corrected chi connectivity index (χ0v) is 18.6. The third kappa shape index (κ3) is 3.41. The van der Waals surface area contributed by atoms with E-state index in [2.05, 4.69) is 11.1 Å². The minimum atomic E-state index is -0.748. The summed E-state index contributed by atoms with van der Waals surface area (Å²) in [5, 5.41) is 10.5. The lowest BCUT2D eigenvalue weighted by Gasteiger charge is -2.26. The number of nitriles is 1. The van der Waals surface area contributed by atoms with E-state index in [1.807, 2.05) is 43.3 Å². The van der Waals surface area contributed by atoms with Crippen molar-refractivity contribution >= 4 is 11.0 Å². The van der Waals surface area contributed by atoms with E-state index >= 15 is 0 Å². The molecule has 6 nitrogen and oxygen atoms in total. The SMILES string of the molecule is CCc1ccc2oc(=O)c3c(c2c1)OC(N)=C(C#N)C3c1ccc(-c2cnc(F)c(C)c2)cc1. The number of rotatable bonds is 3. The van der Waals surface area contributed by atoms with E-state index in [0.717, 1.165) is 23.1 Å². The second-order valence-corrected chi connectivity index (χ2v) is 8.19. The van der Waals surface area contributed by atoms with Crippen LogP contribution in [0, 0.1) is 24.2 Å². The van der Waals surface area contributed by atoms with Crippen LogP contribution in [-0.4, -0.2) is 4.98 Å². The van der Waals surface area contributed by atoms with Gasteiger partial charge in [-0.2, -0.15) is 9.65 Å². The van der Waals surface area contributed by atoms with E-state index < -0.39 is 17.5 Å². The van der Waals surface area contributed by atoms with Gasteiger partial charge in [0.15, 0.2) is 5.75 Å². The van der Waals surface area contributed by atoms with Crippen LogP contribution in [0.25, 0.3) is 22.1 Å². The number of fused-ring (bicyclic) bond motifs is 3. The van der Waals surface area contributed by atoms with Gasteiger partial charge < -0.3 is 14.9 Å². The summed E-state index contributed by atoms with van der Waals surface area (Å²) < 4.78 is 25.0. The molecule has 3 heterocycles. The highest BCUT2D eigenvalue weighted by molar-refractivity contribution is 5.86. The summed E-state index contributed by atoms with van der Waals surface area (Å²) in [4.78, 5) is 16.9. The minimum Gasteiger partial charge on any atom is -0.439 e. The predicted octanol–water partition coefficient (Wildman–Crippen LogP) is 5.08. The number of nitrogens with zero attached hydrogens (tertiary/aromatic N) is 2. The third-order valence-electron chi connectivity index (χ3n) is 6.13. The summed E-state index contributed by atoms with van der Waals surface area (Å²) in [6.45, 7) is 3.68. The second kappa shape index (κ2) is 8.16. The van der Waals surface area contributed by atoms with Crippen LogP contribution in [0.3, 0.4) is 0 Å². The molecule has 7 heteroatoms. The summed E-state index contributed by atoms with van der Waals surface area (Å²) >= 11 is 0. The summed E-state index contributed by atoms with van der Waals surface area (Å²) in [7, 11) is 0. The molecule has 1 atom stereocenters. The van der Waals surface area contributed by atoms with E-state index in [9.17, 15) is 14.4 Å². The average Bonchev–Trinajstić information content (AvgIpc) is 2.85. The molecule has 1 aliphatic heterocycles. The molecule has 4 aromatic rings. The van der Waals surface area contributed by atoms with Crippen molar-refractivity contribution in [3.05, 3.63) is 105 Å². The second-order valence-electron chi connectivity index (χ2n) is 8.19. The Morgan fingerprint density at radius 1 is 1.15 bits per heavy atom. The van der Waals surface area contributed by atoms with Crippen molar-refractivity contribution < 1.29 is 13.5 Å². The van der Waals surface area contributed by atoms with Crippen LogP contribution in [0.4, 0.5) is 4.39 Å². The molecule has 1 unspecified atom stereocenters. The number of hydrogen-bond donors (Lipinski definition) is 1. The molecule has 2 N–H and O–H groups in total. The Labute approximate surface area is 194 Å². The number of hydrogen-bond acceptors (Lipinski definition) is 6. The Hall–Kier alpha value is -4.44. The predicted molar refractivity (Wildman–Crippen MR) is 126 cm³/mol. The molecule has 0 aliphatic carbocycles. The average molecular weight is 453 g/mol. The van der Waals surface area contributed by atoms with Crippen molar-refractivity contribution in [1.29, 1.82) is 5.26 Å². The fraction of sp³-hybridized carbons (Fsp3) is 0.148. The molecule has 0 radical (unpaired) electrons. The normalized spacial score (nSPS) is 15.1. The quantitative estimate of drug-likeness (QED) is 0.343. The van der Waals surface area contributed by atoms with Crippen molar-refractivity contribution in [3.63, 3.8) is 0 Å². The highest BCUT2D eigenvalue weighted by Gasteiger charge is 2.35. The molecule has 168 valence electrons. The largest absolute Gasteiger partial charge is 0.439 e. The van der Waals surface area contributed by atoms with Gasteiger partial charge in [0, 0.05) is 17.3 Å². The maximum Gasteiger partial charge on any atom is 0.344 e. The fourth-order valence-electron chi connectivity index (χ4n) is 4.30. The number of ether oxygens (including phenoxy) is 1. The molecular weight excluding hydrogens is 433 g/mol. The molecule has 34 heavy (non-hydrogen) atoms. The van der Waals surface area contributed by atoms with Crippen LogP contribution >= 0.6 is 0 Å². The van der Waals surface area contributed by atoms with Crippen LogP contribution in [0.2, 0.25) is 0 Å². The molecule has 0 bridgehead atoms. The highest BCUT2D eigenvalue weighted by Crippen LogP contribution is 2.44. The van der Waals surface area contributed by atoms with E-state index in [4.69, 9.17) is 14.9 Å².